The number of H-pyrrole nitrogens is 1. The van der Waals surface area contributed by atoms with Gasteiger partial charge in [0.05, 0.1) is 24.2 Å². The summed E-state index contributed by atoms with van der Waals surface area (Å²) in [5.41, 5.74) is 0.675. The van der Waals surface area contributed by atoms with Gasteiger partial charge in [0.15, 0.2) is 5.65 Å². The van der Waals surface area contributed by atoms with Crippen LogP contribution >= 0.6 is 0 Å². The summed E-state index contributed by atoms with van der Waals surface area (Å²) in [6.07, 6.45) is 1.68. The zero-order valence-corrected chi connectivity index (χ0v) is 11.4. The van der Waals surface area contributed by atoms with Crippen molar-refractivity contribution in [1.29, 1.82) is 0 Å². The van der Waals surface area contributed by atoms with E-state index in [1.165, 1.54) is 0 Å². The van der Waals surface area contributed by atoms with Gasteiger partial charge in [-0.25, -0.2) is 0 Å². The molecule has 0 aliphatic carbocycles. The molecule has 2 heterocycles. The number of aromatic nitrogens is 4. The minimum absolute atomic E-state index is 0.0531. The highest BCUT2D eigenvalue weighted by atomic mass is 16.3. The number of fused-ring (bicyclic) bond motifs is 1. The number of aliphatic hydroxyl groups excluding tert-OH is 1. The van der Waals surface area contributed by atoms with Crippen molar-refractivity contribution in [3.05, 3.63) is 6.20 Å². The normalized spacial score (nSPS) is 12.9. The van der Waals surface area contributed by atoms with E-state index in [1.54, 1.807) is 6.20 Å². The van der Waals surface area contributed by atoms with Crippen LogP contribution in [0.3, 0.4) is 0 Å². The van der Waals surface area contributed by atoms with Crippen molar-refractivity contribution in [3.63, 3.8) is 0 Å². The molecule has 19 heavy (non-hydrogen) atoms. The topological polar surface area (TPSA) is 98.8 Å². The van der Waals surface area contributed by atoms with Gasteiger partial charge in [0.1, 0.15) is 5.82 Å². The number of hydrogen-bond acceptors (Lipinski definition) is 6. The first-order valence-corrected chi connectivity index (χ1v) is 6.48. The number of nitrogens with zero attached hydrogens (tertiary/aromatic N) is 3. The zero-order chi connectivity index (χ0) is 13.8. The highest BCUT2D eigenvalue weighted by Crippen LogP contribution is 2.21. The van der Waals surface area contributed by atoms with Gasteiger partial charge in [0.25, 0.3) is 0 Å². The van der Waals surface area contributed by atoms with Crippen LogP contribution in [-0.4, -0.2) is 44.5 Å². The Kier molecular flexibility index (Phi) is 4.16. The minimum atomic E-state index is -0.0533. The van der Waals surface area contributed by atoms with Gasteiger partial charge in [-0.05, 0) is 12.8 Å². The van der Waals surface area contributed by atoms with Gasteiger partial charge in [-0.15, -0.1) is 0 Å². The number of aromatic amines is 1. The van der Waals surface area contributed by atoms with Crippen LogP contribution in [0, 0.1) is 5.92 Å². The van der Waals surface area contributed by atoms with Crippen molar-refractivity contribution in [1.82, 2.24) is 20.2 Å². The van der Waals surface area contributed by atoms with Crippen LogP contribution in [0.25, 0.3) is 11.0 Å². The summed E-state index contributed by atoms with van der Waals surface area (Å²) in [5.74, 6) is 1.52. The molecule has 104 valence electrons. The molecule has 0 aliphatic heterocycles. The second kappa shape index (κ2) is 5.83. The maximum Gasteiger partial charge on any atom is 0.226 e. The first-order valence-electron chi connectivity index (χ1n) is 6.48. The van der Waals surface area contributed by atoms with E-state index in [0.29, 0.717) is 23.3 Å². The molecule has 0 amide bonds. The second-order valence-electron chi connectivity index (χ2n) is 4.74. The largest absolute Gasteiger partial charge is 0.394 e. The molecule has 7 nitrogen and oxygen atoms in total. The molecule has 0 aromatic carbocycles. The lowest BCUT2D eigenvalue weighted by atomic mass is 10.1. The monoisotopic (exact) mass is 264 g/mol. The molecule has 2 aromatic heterocycles. The number of hydrogen-bond donors (Lipinski definition) is 4. The Morgan fingerprint density at radius 3 is 2.79 bits per heavy atom. The van der Waals surface area contributed by atoms with Gasteiger partial charge in [0.2, 0.25) is 5.95 Å². The van der Waals surface area contributed by atoms with Gasteiger partial charge in [-0.1, -0.05) is 13.8 Å². The Morgan fingerprint density at radius 2 is 2.16 bits per heavy atom. The molecule has 1 atom stereocenters. The third-order valence-corrected chi connectivity index (χ3v) is 2.97. The van der Waals surface area contributed by atoms with Crippen LogP contribution < -0.4 is 10.6 Å². The van der Waals surface area contributed by atoms with E-state index in [1.807, 2.05) is 20.8 Å². The predicted octanol–water partition coefficient (Wildman–Crippen LogP) is 1.21. The fraction of sp³-hybridized carbons (Fsp3) is 0.583. The van der Waals surface area contributed by atoms with Crippen molar-refractivity contribution in [3.8, 4) is 0 Å². The Labute approximate surface area is 111 Å². The van der Waals surface area contributed by atoms with Crippen LogP contribution in [0.5, 0.6) is 0 Å². The maximum atomic E-state index is 9.41. The van der Waals surface area contributed by atoms with Crippen LogP contribution in [-0.2, 0) is 0 Å². The molecule has 0 saturated heterocycles. The maximum absolute atomic E-state index is 9.41. The molecule has 0 radical (unpaired) electrons. The third-order valence-electron chi connectivity index (χ3n) is 2.97. The van der Waals surface area contributed by atoms with E-state index in [0.717, 1.165) is 11.9 Å². The van der Waals surface area contributed by atoms with Crippen molar-refractivity contribution in [2.75, 3.05) is 23.8 Å². The molecule has 7 heteroatoms. The lowest BCUT2D eigenvalue weighted by molar-refractivity contribution is 0.249. The molecular weight excluding hydrogens is 244 g/mol. The summed E-state index contributed by atoms with van der Waals surface area (Å²) in [5, 5.41) is 23.4. The number of nitrogens with one attached hydrogen (secondary N) is 3. The molecule has 0 fully saturated rings. The average molecular weight is 264 g/mol. The van der Waals surface area contributed by atoms with Gasteiger partial charge in [0, 0.05) is 6.54 Å². The van der Waals surface area contributed by atoms with Crippen LogP contribution in [0.1, 0.15) is 20.8 Å². The van der Waals surface area contributed by atoms with Crippen LogP contribution in [0.2, 0.25) is 0 Å². The van der Waals surface area contributed by atoms with E-state index in [4.69, 9.17) is 0 Å². The predicted molar refractivity (Wildman–Crippen MR) is 75.2 cm³/mol. The molecule has 2 aromatic rings. The number of rotatable bonds is 6. The number of aliphatic hydroxyl groups is 1. The summed E-state index contributed by atoms with van der Waals surface area (Å²) in [6.45, 7) is 6.88. The van der Waals surface area contributed by atoms with Crippen LogP contribution in [0.4, 0.5) is 11.8 Å². The lowest BCUT2D eigenvalue weighted by Gasteiger charge is -2.21. The number of anilines is 2. The Morgan fingerprint density at radius 1 is 1.37 bits per heavy atom. The van der Waals surface area contributed by atoms with E-state index in [2.05, 4.69) is 30.8 Å². The first kappa shape index (κ1) is 13.5. The van der Waals surface area contributed by atoms with Gasteiger partial charge in [-0.2, -0.15) is 15.1 Å². The molecule has 0 saturated carbocycles. The van der Waals surface area contributed by atoms with E-state index in [9.17, 15) is 5.11 Å². The summed E-state index contributed by atoms with van der Waals surface area (Å²) < 4.78 is 0. The summed E-state index contributed by atoms with van der Waals surface area (Å²) >= 11 is 0. The quantitative estimate of drug-likeness (QED) is 0.626. The average Bonchev–Trinajstić information content (AvgIpc) is 2.84. The molecule has 0 unspecified atom stereocenters. The SMILES string of the molecule is CCNc1nc(N[C@H](CO)C(C)C)c2cn[nH]c2n1. The molecule has 0 spiro atoms. The summed E-state index contributed by atoms with van der Waals surface area (Å²) in [7, 11) is 0. The van der Waals surface area contributed by atoms with Gasteiger partial charge in [-0.3, -0.25) is 5.10 Å². The molecule has 0 bridgehead atoms. The second-order valence-corrected chi connectivity index (χ2v) is 4.74. The van der Waals surface area contributed by atoms with Crippen molar-refractivity contribution >= 4 is 22.8 Å². The van der Waals surface area contributed by atoms with Crippen molar-refractivity contribution < 1.29 is 5.11 Å². The Bertz CT molecular complexity index is 538. The molecule has 2 rings (SSSR count). The highest BCUT2D eigenvalue weighted by molar-refractivity contribution is 5.87. The summed E-state index contributed by atoms with van der Waals surface area (Å²) in [6, 6.07) is -0.0533. The van der Waals surface area contributed by atoms with Gasteiger partial charge >= 0.3 is 0 Å². The fourth-order valence-corrected chi connectivity index (χ4v) is 1.78. The standard InChI is InChI=1S/C12H20N6O/c1-4-13-12-16-10(15-9(6-19)7(2)3)8-5-14-18-11(8)17-12/h5,7,9,19H,4,6H2,1-3H3,(H3,13,14,15,16,17,18)/t9-/m1/s1. The van der Waals surface area contributed by atoms with E-state index < -0.39 is 0 Å². The van der Waals surface area contributed by atoms with Crippen molar-refractivity contribution in [2.45, 2.75) is 26.8 Å². The zero-order valence-electron chi connectivity index (χ0n) is 11.4. The molecular formula is C12H20N6O. The fourth-order valence-electron chi connectivity index (χ4n) is 1.78. The minimum Gasteiger partial charge on any atom is -0.394 e. The van der Waals surface area contributed by atoms with E-state index in [-0.39, 0.29) is 12.6 Å². The lowest BCUT2D eigenvalue weighted by Crippen LogP contribution is -2.30. The molecule has 4 N–H and O–H groups in total. The first-order chi connectivity index (χ1) is 9.15. The van der Waals surface area contributed by atoms with Crippen molar-refractivity contribution in [2.24, 2.45) is 5.92 Å². The Balaban J connectivity index is 2.36. The Hall–Kier alpha value is -1.89. The summed E-state index contributed by atoms with van der Waals surface area (Å²) in [4.78, 5) is 8.75. The van der Waals surface area contributed by atoms with Crippen LogP contribution in [0.15, 0.2) is 6.20 Å². The third kappa shape index (κ3) is 2.93. The van der Waals surface area contributed by atoms with E-state index >= 15 is 0 Å². The smallest absolute Gasteiger partial charge is 0.226 e. The molecule has 0 aliphatic rings. The van der Waals surface area contributed by atoms with Gasteiger partial charge < -0.3 is 15.7 Å². The highest BCUT2D eigenvalue weighted by Gasteiger charge is 2.16.